The second-order valence-electron chi connectivity index (χ2n) is 3.86. The van der Waals surface area contributed by atoms with E-state index in [1.807, 2.05) is 0 Å². The fraction of sp³-hybridized carbons (Fsp3) is 0. The Morgan fingerprint density at radius 2 is 1.70 bits per heavy atom. The van der Waals surface area contributed by atoms with E-state index < -0.39 is 11.7 Å². The van der Waals surface area contributed by atoms with Gasteiger partial charge in [-0.1, -0.05) is 30.0 Å². The van der Waals surface area contributed by atoms with E-state index in [0.29, 0.717) is 10.6 Å². The molecule has 0 unspecified atom stereocenters. The highest BCUT2D eigenvalue weighted by Crippen LogP contribution is 2.22. The maximum atomic E-state index is 13.6. The first kappa shape index (κ1) is 14.3. The van der Waals surface area contributed by atoms with E-state index in [1.54, 1.807) is 30.3 Å². The Hall–Kier alpha value is -2.14. The molecule has 20 heavy (non-hydrogen) atoms. The Kier molecular flexibility index (Phi) is 4.90. The van der Waals surface area contributed by atoms with Crippen LogP contribution >= 0.6 is 11.8 Å². The molecule has 0 heterocycles. The quantitative estimate of drug-likeness (QED) is 0.669. The first-order chi connectivity index (χ1) is 9.65. The van der Waals surface area contributed by atoms with Crippen LogP contribution in [0.2, 0.25) is 0 Å². The van der Waals surface area contributed by atoms with Gasteiger partial charge in [0.05, 0.1) is 0 Å². The molecule has 0 saturated carbocycles. The average Bonchev–Trinajstić information content (AvgIpc) is 2.47. The monoisotopic (exact) mass is 291 g/mol. The SMILES string of the molecule is O=C(Nc1ccccc1)/C(F)=C/Sc1ccc(F)cc1. The van der Waals surface area contributed by atoms with Crippen LogP contribution in [0.3, 0.4) is 0 Å². The van der Waals surface area contributed by atoms with E-state index in [-0.39, 0.29) is 5.82 Å². The van der Waals surface area contributed by atoms with Gasteiger partial charge in [-0.15, -0.1) is 0 Å². The van der Waals surface area contributed by atoms with Crippen LogP contribution in [0, 0.1) is 5.82 Å². The second-order valence-corrected chi connectivity index (χ2v) is 4.80. The van der Waals surface area contributed by atoms with Gasteiger partial charge in [0.15, 0.2) is 5.83 Å². The molecule has 0 aromatic heterocycles. The summed E-state index contributed by atoms with van der Waals surface area (Å²) in [7, 11) is 0. The zero-order chi connectivity index (χ0) is 14.4. The van der Waals surface area contributed by atoms with E-state index in [2.05, 4.69) is 5.32 Å². The van der Waals surface area contributed by atoms with Crippen LogP contribution in [0.5, 0.6) is 0 Å². The van der Waals surface area contributed by atoms with Crippen molar-refractivity contribution in [3.63, 3.8) is 0 Å². The summed E-state index contributed by atoms with van der Waals surface area (Å²) in [6, 6.07) is 14.2. The highest BCUT2D eigenvalue weighted by atomic mass is 32.2. The number of carbonyl (C=O) groups is 1. The van der Waals surface area contributed by atoms with Gasteiger partial charge in [0.2, 0.25) is 0 Å². The summed E-state index contributed by atoms with van der Waals surface area (Å²) in [5, 5.41) is 3.52. The Balaban J connectivity index is 1.96. The fourth-order valence-electron chi connectivity index (χ4n) is 1.40. The molecule has 0 spiro atoms. The number of carbonyl (C=O) groups excluding carboxylic acids is 1. The van der Waals surface area contributed by atoms with Crippen LogP contribution in [0.1, 0.15) is 0 Å². The van der Waals surface area contributed by atoms with Crippen LogP contribution in [-0.2, 0) is 4.79 Å². The van der Waals surface area contributed by atoms with Crippen molar-refractivity contribution in [3.8, 4) is 0 Å². The van der Waals surface area contributed by atoms with E-state index in [1.165, 1.54) is 24.3 Å². The number of amides is 1. The Morgan fingerprint density at radius 1 is 1.05 bits per heavy atom. The van der Waals surface area contributed by atoms with Gasteiger partial charge < -0.3 is 5.32 Å². The van der Waals surface area contributed by atoms with Crippen LogP contribution in [0.4, 0.5) is 14.5 Å². The summed E-state index contributed by atoms with van der Waals surface area (Å²) in [6.07, 6.45) is 0. The summed E-state index contributed by atoms with van der Waals surface area (Å²) in [5.74, 6) is -2.07. The largest absolute Gasteiger partial charge is 0.320 e. The molecule has 2 aromatic carbocycles. The number of benzene rings is 2. The van der Waals surface area contributed by atoms with Crippen molar-refractivity contribution in [2.45, 2.75) is 4.90 Å². The number of para-hydroxylation sites is 1. The number of thioether (sulfide) groups is 1. The number of halogens is 2. The Labute approximate surface area is 119 Å². The van der Waals surface area contributed by atoms with Gasteiger partial charge in [0, 0.05) is 16.0 Å². The molecule has 2 rings (SSSR count). The lowest BCUT2D eigenvalue weighted by Crippen LogP contribution is -2.11. The van der Waals surface area contributed by atoms with Crippen molar-refractivity contribution < 1.29 is 13.6 Å². The standard InChI is InChI=1S/C15H11F2NOS/c16-11-6-8-13(9-7-11)20-10-14(17)15(19)18-12-4-2-1-3-5-12/h1-10H,(H,18,19)/b14-10-. The van der Waals surface area contributed by atoms with E-state index in [0.717, 1.165) is 17.2 Å². The predicted octanol–water partition coefficient (Wildman–Crippen LogP) is 4.37. The van der Waals surface area contributed by atoms with Gasteiger partial charge >= 0.3 is 0 Å². The normalized spacial score (nSPS) is 11.2. The Bertz CT molecular complexity index is 612. The fourth-order valence-corrected chi connectivity index (χ4v) is 2.04. The smallest absolute Gasteiger partial charge is 0.284 e. The summed E-state index contributed by atoms with van der Waals surface area (Å²) in [4.78, 5) is 12.2. The van der Waals surface area contributed by atoms with Crippen molar-refractivity contribution >= 4 is 23.4 Å². The molecule has 0 aliphatic rings. The van der Waals surface area contributed by atoms with Gasteiger partial charge in [-0.05, 0) is 36.4 Å². The molecular weight excluding hydrogens is 280 g/mol. The summed E-state index contributed by atoms with van der Waals surface area (Å²) < 4.78 is 26.3. The summed E-state index contributed by atoms with van der Waals surface area (Å²) >= 11 is 1.01. The molecule has 0 atom stereocenters. The maximum Gasteiger partial charge on any atom is 0.284 e. The highest BCUT2D eigenvalue weighted by Gasteiger charge is 2.08. The van der Waals surface area contributed by atoms with Gasteiger partial charge in [-0.3, -0.25) is 4.79 Å². The third-order valence-electron chi connectivity index (χ3n) is 2.36. The zero-order valence-corrected chi connectivity index (χ0v) is 11.2. The molecule has 0 fully saturated rings. The lowest BCUT2D eigenvalue weighted by Gasteiger charge is -2.02. The summed E-state index contributed by atoms with van der Waals surface area (Å²) in [5.41, 5.74) is 0.521. The van der Waals surface area contributed by atoms with E-state index >= 15 is 0 Å². The second kappa shape index (κ2) is 6.86. The summed E-state index contributed by atoms with van der Waals surface area (Å²) in [6.45, 7) is 0. The lowest BCUT2D eigenvalue weighted by atomic mass is 10.3. The number of hydrogen-bond acceptors (Lipinski definition) is 2. The minimum atomic E-state index is -0.900. The van der Waals surface area contributed by atoms with Gasteiger partial charge in [-0.25, -0.2) is 8.78 Å². The first-order valence-corrected chi connectivity index (χ1v) is 6.67. The van der Waals surface area contributed by atoms with Gasteiger partial charge in [0.25, 0.3) is 5.91 Å². The average molecular weight is 291 g/mol. The molecule has 2 aromatic rings. The number of rotatable bonds is 4. The van der Waals surface area contributed by atoms with Crippen molar-refractivity contribution in [3.05, 3.63) is 71.6 Å². The highest BCUT2D eigenvalue weighted by molar-refractivity contribution is 8.02. The third-order valence-corrected chi connectivity index (χ3v) is 3.23. The third kappa shape index (κ3) is 4.20. The molecule has 0 radical (unpaired) electrons. The molecule has 0 saturated heterocycles. The molecule has 0 bridgehead atoms. The maximum absolute atomic E-state index is 13.6. The first-order valence-electron chi connectivity index (χ1n) is 5.79. The van der Waals surface area contributed by atoms with Crippen LogP contribution in [0.25, 0.3) is 0 Å². The minimum Gasteiger partial charge on any atom is -0.320 e. The minimum absolute atomic E-state index is 0.361. The number of anilines is 1. The van der Waals surface area contributed by atoms with E-state index in [4.69, 9.17) is 0 Å². The van der Waals surface area contributed by atoms with Crippen LogP contribution < -0.4 is 5.32 Å². The van der Waals surface area contributed by atoms with Gasteiger partial charge in [0.1, 0.15) is 5.82 Å². The molecule has 0 aliphatic carbocycles. The molecule has 5 heteroatoms. The van der Waals surface area contributed by atoms with Crippen molar-refractivity contribution in [2.24, 2.45) is 0 Å². The number of nitrogens with one attached hydrogen (secondary N) is 1. The van der Waals surface area contributed by atoms with E-state index in [9.17, 15) is 13.6 Å². The van der Waals surface area contributed by atoms with Crippen LogP contribution in [-0.4, -0.2) is 5.91 Å². The molecule has 0 aliphatic heterocycles. The Morgan fingerprint density at radius 3 is 2.35 bits per heavy atom. The topological polar surface area (TPSA) is 29.1 Å². The molecule has 1 amide bonds. The van der Waals surface area contributed by atoms with Gasteiger partial charge in [-0.2, -0.15) is 0 Å². The predicted molar refractivity (Wildman–Crippen MR) is 76.5 cm³/mol. The molecule has 2 nitrogen and oxygen atoms in total. The van der Waals surface area contributed by atoms with Crippen molar-refractivity contribution in [1.82, 2.24) is 0 Å². The van der Waals surface area contributed by atoms with Crippen molar-refractivity contribution in [2.75, 3.05) is 5.32 Å². The number of hydrogen-bond donors (Lipinski definition) is 1. The molecular formula is C15H11F2NOS. The molecule has 1 N–H and O–H groups in total. The molecule has 102 valence electrons. The van der Waals surface area contributed by atoms with Crippen LogP contribution in [0.15, 0.2) is 70.7 Å². The van der Waals surface area contributed by atoms with Crippen molar-refractivity contribution in [1.29, 1.82) is 0 Å². The zero-order valence-electron chi connectivity index (χ0n) is 10.3. The lowest BCUT2D eigenvalue weighted by molar-refractivity contribution is -0.114.